The number of benzene rings is 2. The summed E-state index contributed by atoms with van der Waals surface area (Å²) in [5.41, 5.74) is 7.56. The van der Waals surface area contributed by atoms with Crippen molar-refractivity contribution < 1.29 is 18.9 Å². The van der Waals surface area contributed by atoms with E-state index in [2.05, 4.69) is 43.0 Å². The first-order valence-electron chi connectivity index (χ1n) is 10.4. The molecule has 0 saturated carbocycles. The number of hydrogen-bond donors (Lipinski definition) is 0. The number of rotatable bonds is 6. The lowest BCUT2D eigenvalue weighted by atomic mass is 9.76. The number of methoxy groups -OCH3 is 4. The zero-order valence-electron chi connectivity index (χ0n) is 18.8. The minimum absolute atomic E-state index is 0.296. The van der Waals surface area contributed by atoms with E-state index in [1.165, 1.54) is 22.3 Å². The van der Waals surface area contributed by atoms with Crippen LogP contribution in [0.15, 0.2) is 29.8 Å². The van der Waals surface area contributed by atoms with E-state index < -0.39 is 0 Å². The standard InChI is InChI=1S/C25H31NO4/c1-15(2)7-9-26-10-8-16-12-22(29-5)25(30-6)24-18-14-21(28-4)20(27-3)13-17(18)11-19(26)23(16)24/h7,12-14,19H,8-11H2,1-6H3. The highest BCUT2D eigenvalue weighted by Crippen LogP contribution is 2.54. The van der Waals surface area contributed by atoms with E-state index in [1.807, 2.05) is 0 Å². The Hall–Kier alpha value is -2.66. The Morgan fingerprint density at radius 3 is 2.23 bits per heavy atom. The zero-order chi connectivity index (χ0) is 21.4. The number of hydrogen-bond acceptors (Lipinski definition) is 5. The van der Waals surface area contributed by atoms with E-state index in [1.54, 1.807) is 28.4 Å². The molecule has 160 valence electrons. The lowest BCUT2D eigenvalue weighted by Gasteiger charge is -2.42. The fourth-order valence-corrected chi connectivity index (χ4v) is 4.80. The van der Waals surface area contributed by atoms with Gasteiger partial charge in [-0.05, 0) is 67.1 Å². The summed E-state index contributed by atoms with van der Waals surface area (Å²) >= 11 is 0. The van der Waals surface area contributed by atoms with Gasteiger partial charge in [0.25, 0.3) is 0 Å². The molecule has 0 saturated heterocycles. The average molecular weight is 410 g/mol. The molecule has 0 bridgehead atoms. The van der Waals surface area contributed by atoms with Crippen LogP contribution in [0.1, 0.15) is 36.6 Å². The molecule has 2 aromatic carbocycles. The maximum Gasteiger partial charge on any atom is 0.168 e. The van der Waals surface area contributed by atoms with Gasteiger partial charge in [-0.2, -0.15) is 0 Å². The van der Waals surface area contributed by atoms with Crippen LogP contribution < -0.4 is 18.9 Å². The molecule has 0 aromatic heterocycles. The van der Waals surface area contributed by atoms with Gasteiger partial charge in [0.2, 0.25) is 0 Å². The van der Waals surface area contributed by atoms with Crippen LogP contribution in [0.5, 0.6) is 23.0 Å². The molecule has 0 amide bonds. The predicted octanol–water partition coefficient (Wildman–Crippen LogP) is 4.81. The van der Waals surface area contributed by atoms with Gasteiger partial charge in [0.1, 0.15) is 0 Å². The van der Waals surface area contributed by atoms with Crippen molar-refractivity contribution in [3.8, 4) is 34.1 Å². The van der Waals surface area contributed by atoms with Crippen molar-refractivity contribution in [2.75, 3.05) is 41.5 Å². The van der Waals surface area contributed by atoms with Gasteiger partial charge >= 0.3 is 0 Å². The minimum Gasteiger partial charge on any atom is -0.493 e. The third-order valence-electron chi connectivity index (χ3n) is 6.26. The smallest absolute Gasteiger partial charge is 0.168 e. The molecule has 2 aliphatic rings. The molecule has 4 rings (SSSR count). The first-order chi connectivity index (χ1) is 14.5. The summed E-state index contributed by atoms with van der Waals surface area (Å²) < 4.78 is 22.8. The van der Waals surface area contributed by atoms with Gasteiger partial charge in [0, 0.05) is 24.7 Å². The number of ether oxygens (including phenoxy) is 4. The van der Waals surface area contributed by atoms with Crippen LogP contribution in [-0.4, -0.2) is 46.4 Å². The molecule has 1 aliphatic carbocycles. The summed E-state index contributed by atoms with van der Waals surface area (Å²) in [6, 6.07) is 6.65. The van der Waals surface area contributed by atoms with Crippen LogP contribution in [0.4, 0.5) is 0 Å². The molecule has 5 heteroatoms. The van der Waals surface area contributed by atoms with Crippen LogP contribution in [0, 0.1) is 0 Å². The van der Waals surface area contributed by atoms with Crippen LogP contribution >= 0.6 is 0 Å². The molecule has 1 unspecified atom stereocenters. The van der Waals surface area contributed by atoms with Crippen LogP contribution in [0.25, 0.3) is 11.1 Å². The third-order valence-corrected chi connectivity index (χ3v) is 6.26. The largest absolute Gasteiger partial charge is 0.493 e. The van der Waals surface area contributed by atoms with Crippen molar-refractivity contribution in [2.24, 2.45) is 0 Å². The van der Waals surface area contributed by atoms with Crippen molar-refractivity contribution in [1.29, 1.82) is 0 Å². The van der Waals surface area contributed by atoms with Crippen molar-refractivity contribution in [1.82, 2.24) is 4.90 Å². The second kappa shape index (κ2) is 8.23. The van der Waals surface area contributed by atoms with Gasteiger partial charge in [-0.3, -0.25) is 4.90 Å². The van der Waals surface area contributed by atoms with E-state index in [9.17, 15) is 0 Å². The van der Waals surface area contributed by atoms with Crippen LogP contribution in [0.2, 0.25) is 0 Å². The van der Waals surface area contributed by atoms with Gasteiger partial charge in [-0.25, -0.2) is 0 Å². The highest BCUT2D eigenvalue weighted by atomic mass is 16.5. The Labute approximate surface area is 179 Å². The molecule has 1 aliphatic heterocycles. The zero-order valence-corrected chi connectivity index (χ0v) is 18.8. The Balaban J connectivity index is 1.97. The molecular weight excluding hydrogens is 378 g/mol. The fourth-order valence-electron chi connectivity index (χ4n) is 4.80. The number of nitrogens with zero attached hydrogens (tertiary/aromatic N) is 1. The Morgan fingerprint density at radius 1 is 0.933 bits per heavy atom. The van der Waals surface area contributed by atoms with Crippen molar-refractivity contribution in [3.63, 3.8) is 0 Å². The molecule has 30 heavy (non-hydrogen) atoms. The summed E-state index contributed by atoms with van der Waals surface area (Å²) in [4.78, 5) is 2.57. The fraction of sp³-hybridized carbons (Fsp3) is 0.440. The van der Waals surface area contributed by atoms with E-state index in [0.29, 0.717) is 6.04 Å². The summed E-state index contributed by atoms with van der Waals surface area (Å²) in [5, 5.41) is 0. The monoisotopic (exact) mass is 409 g/mol. The van der Waals surface area contributed by atoms with Crippen LogP contribution in [-0.2, 0) is 12.8 Å². The molecule has 2 aromatic rings. The summed E-state index contributed by atoms with van der Waals surface area (Å²) in [6.45, 7) is 6.29. The number of allylic oxidation sites excluding steroid dienone is 1. The molecular formula is C25H31NO4. The van der Waals surface area contributed by atoms with Crippen molar-refractivity contribution in [2.45, 2.75) is 32.7 Å². The highest BCUT2D eigenvalue weighted by molar-refractivity contribution is 5.85. The normalized spacial score (nSPS) is 16.9. The summed E-state index contributed by atoms with van der Waals surface area (Å²) in [5.74, 6) is 3.06. The average Bonchev–Trinajstić information content (AvgIpc) is 2.76. The van der Waals surface area contributed by atoms with E-state index in [4.69, 9.17) is 18.9 Å². The highest BCUT2D eigenvalue weighted by Gasteiger charge is 2.37. The minimum atomic E-state index is 0.296. The molecule has 0 spiro atoms. The van der Waals surface area contributed by atoms with Gasteiger partial charge in [-0.15, -0.1) is 0 Å². The van der Waals surface area contributed by atoms with Gasteiger partial charge in [0.15, 0.2) is 23.0 Å². The Morgan fingerprint density at radius 2 is 1.60 bits per heavy atom. The predicted molar refractivity (Wildman–Crippen MR) is 119 cm³/mol. The van der Waals surface area contributed by atoms with E-state index >= 15 is 0 Å². The summed E-state index contributed by atoms with van der Waals surface area (Å²) in [7, 11) is 6.78. The first kappa shape index (κ1) is 20.6. The quantitative estimate of drug-likeness (QED) is 0.641. The SMILES string of the molecule is COc1cc2c(cc1OC)-c1c(OC)c(OC)cc3c1C(C2)N(CC=C(C)C)CC3. The Kier molecular flexibility index (Phi) is 5.65. The molecule has 0 radical (unpaired) electrons. The summed E-state index contributed by atoms with van der Waals surface area (Å²) in [6.07, 6.45) is 4.25. The lowest BCUT2D eigenvalue weighted by molar-refractivity contribution is 0.202. The van der Waals surface area contributed by atoms with Crippen molar-refractivity contribution in [3.05, 3.63) is 46.5 Å². The van der Waals surface area contributed by atoms with Crippen molar-refractivity contribution >= 4 is 0 Å². The van der Waals surface area contributed by atoms with Crippen LogP contribution in [0.3, 0.4) is 0 Å². The second-order valence-corrected chi connectivity index (χ2v) is 8.17. The van der Waals surface area contributed by atoms with Gasteiger partial charge < -0.3 is 18.9 Å². The topological polar surface area (TPSA) is 40.2 Å². The first-order valence-corrected chi connectivity index (χ1v) is 10.4. The molecule has 0 fully saturated rings. The second-order valence-electron chi connectivity index (χ2n) is 8.17. The van der Waals surface area contributed by atoms with E-state index in [-0.39, 0.29) is 0 Å². The van der Waals surface area contributed by atoms with E-state index in [0.717, 1.165) is 60.1 Å². The maximum absolute atomic E-state index is 5.90. The maximum atomic E-state index is 5.90. The molecule has 0 N–H and O–H groups in total. The van der Waals surface area contributed by atoms with Gasteiger partial charge in [-0.1, -0.05) is 11.6 Å². The lowest BCUT2D eigenvalue weighted by Crippen LogP contribution is -2.38. The number of fused-ring (bicyclic) bond motifs is 2. The molecule has 1 heterocycles. The third kappa shape index (κ3) is 3.31. The van der Waals surface area contributed by atoms with Gasteiger partial charge in [0.05, 0.1) is 28.4 Å². The molecule has 5 nitrogen and oxygen atoms in total. The molecule has 1 atom stereocenters. The Bertz CT molecular complexity index is 991.